The fourth-order valence-electron chi connectivity index (χ4n) is 1.32. The van der Waals surface area contributed by atoms with Crippen LogP contribution in [0.15, 0.2) is 18.7 Å². The van der Waals surface area contributed by atoms with E-state index in [0.29, 0.717) is 23.5 Å². The largest absolute Gasteiger partial charge is 0.435 e. The molecule has 0 aliphatic heterocycles. The van der Waals surface area contributed by atoms with Crippen molar-refractivity contribution in [3.8, 4) is 11.6 Å². The van der Waals surface area contributed by atoms with Crippen molar-refractivity contribution < 1.29 is 4.74 Å². The third-order valence-corrected chi connectivity index (χ3v) is 2.40. The topological polar surface area (TPSA) is 78.8 Å². The molecule has 2 heterocycles. The minimum atomic E-state index is 0.295. The summed E-state index contributed by atoms with van der Waals surface area (Å²) in [6.45, 7) is 5.91. The quantitative estimate of drug-likeness (QED) is 0.876. The van der Waals surface area contributed by atoms with Crippen LogP contribution in [-0.2, 0) is 0 Å². The molecule has 6 heteroatoms. The summed E-state index contributed by atoms with van der Waals surface area (Å²) >= 11 is 0. The van der Waals surface area contributed by atoms with E-state index in [2.05, 4.69) is 15.1 Å². The Bertz CT molecular complexity index is 520. The SMILES string of the molecule is Cc1c(N)ncnc1Oc1cnn(C(C)C)c1. The van der Waals surface area contributed by atoms with Crippen LogP contribution in [0.2, 0.25) is 0 Å². The summed E-state index contributed by atoms with van der Waals surface area (Å²) in [6.07, 6.45) is 4.85. The maximum absolute atomic E-state index is 5.68. The lowest BCUT2D eigenvalue weighted by atomic mass is 10.3. The van der Waals surface area contributed by atoms with Crippen LogP contribution in [0.3, 0.4) is 0 Å². The number of nitrogens with zero attached hydrogens (tertiary/aromatic N) is 4. The lowest BCUT2D eigenvalue weighted by Gasteiger charge is -2.06. The van der Waals surface area contributed by atoms with E-state index >= 15 is 0 Å². The lowest BCUT2D eigenvalue weighted by Crippen LogP contribution is -2.00. The predicted octanol–water partition coefficient (Wildman–Crippen LogP) is 1.94. The van der Waals surface area contributed by atoms with Gasteiger partial charge in [-0.1, -0.05) is 0 Å². The molecular weight excluding hydrogens is 218 g/mol. The van der Waals surface area contributed by atoms with Gasteiger partial charge >= 0.3 is 0 Å². The number of aromatic nitrogens is 4. The number of nitrogens with two attached hydrogens (primary N) is 1. The highest BCUT2D eigenvalue weighted by molar-refractivity contribution is 5.44. The van der Waals surface area contributed by atoms with Gasteiger partial charge in [0.25, 0.3) is 0 Å². The average molecular weight is 233 g/mol. The molecule has 0 unspecified atom stereocenters. The second kappa shape index (κ2) is 4.40. The Hall–Kier alpha value is -2.11. The molecule has 0 saturated carbocycles. The summed E-state index contributed by atoms with van der Waals surface area (Å²) in [5, 5.41) is 4.18. The molecule has 90 valence electrons. The number of rotatable bonds is 3. The number of anilines is 1. The van der Waals surface area contributed by atoms with Crippen molar-refractivity contribution in [1.82, 2.24) is 19.7 Å². The Morgan fingerprint density at radius 3 is 2.76 bits per heavy atom. The molecular formula is C11H15N5O. The molecule has 0 amide bonds. The van der Waals surface area contributed by atoms with Crippen LogP contribution in [0.4, 0.5) is 5.82 Å². The number of ether oxygens (including phenoxy) is 1. The van der Waals surface area contributed by atoms with Crippen molar-refractivity contribution in [2.45, 2.75) is 26.8 Å². The first-order valence-electron chi connectivity index (χ1n) is 5.37. The molecule has 0 aliphatic carbocycles. The molecule has 6 nitrogen and oxygen atoms in total. The fraction of sp³-hybridized carbons (Fsp3) is 0.364. The number of hydrogen-bond acceptors (Lipinski definition) is 5. The van der Waals surface area contributed by atoms with Crippen LogP contribution >= 0.6 is 0 Å². The Morgan fingerprint density at radius 1 is 1.35 bits per heavy atom. The van der Waals surface area contributed by atoms with Crippen LogP contribution in [0, 0.1) is 6.92 Å². The zero-order valence-corrected chi connectivity index (χ0v) is 10.1. The van der Waals surface area contributed by atoms with Gasteiger partial charge in [-0.25, -0.2) is 9.97 Å². The standard InChI is InChI=1S/C11H15N5O/c1-7(2)16-5-9(4-15-16)17-11-8(3)10(12)13-6-14-11/h4-7H,1-3H3,(H2,12,13,14). The fourth-order valence-corrected chi connectivity index (χ4v) is 1.32. The van der Waals surface area contributed by atoms with E-state index < -0.39 is 0 Å². The summed E-state index contributed by atoms with van der Waals surface area (Å²) in [5.41, 5.74) is 6.40. The summed E-state index contributed by atoms with van der Waals surface area (Å²) in [7, 11) is 0. The van der Waals surface area contributed by atoms with Crippen LogP contribution in [0.5, 0.6) is 11.6 Å². The highest BCUT2D eigenvalue weighted by atomic mass is 16.5. The molecule has 0 spiro atoms. The second-order valence-electron chi connectivity index (χ2n) is 4.04. The highest BCUT2D eigenvalue weighted by Crippen LogP contribution is 2.24. The monoisotopic (exact) mass is 233 g/mol. The number of hydrogen-bond donors (Lipinski definition) is 1. The van der Waals surface area contributed by atoms with E-state index in [-0.39, 0.29) is 0 Å². The third-order valence-electron chi connectivity index (χ3n) is 2.40. The molecule has 0 atom stereocenters. The first kappa shape index (κ1) is 11.4. The van der Waals surface area contributed by atoms with Gasteiger partial charge in [0.1, 0.15) is 12.1 Å². The van der Waals surface area contributed by atoms with Gasteiger partial charge in [-0.15, -0.1) is 0 Å². The van der Waals surface area contributed by atoms with Gasteiger partial charge in [-0.3, -0.25) is 4.68 Å². The Labute approximate surface area is 99.4 Å². The molecule has 0 saturated heterocycles. The number of nitrogen functional groups attached to an aromatic ring is 1. The zero-order chi connectivity index (χ0) is 12.4. The van der Waals surface area contributed by atoms with E-state index in [9.17, 15) is 0 Å². The van der Waals surface area contributed by atoms with Gasteiger partial charge in [-0.2, -0.15) is 5.10 Å². The summed E-state index contributed by atoms with van der Waals surface area (Å²) < 4.78 is 7.42. The molecule has 0 fully saturated rings. The molecule has 17 heavy (non-hydrogen) atoms. The highest BCUT2D eigenvalue weighted by Gasteiger charge is 2.09. The molecule has 2 aromatic heterocycles. The van der Waals surface area contributed by atoms with Gasteiger partial charge in [0.05, 0.1) is 18.0 Å². The van der Waals surface area contributed by atoms with Crippen molar-refractivity contribution in [2.24, 2.45) is 0 Å². The van der Waals surface area contributed by atoms with Gasteiger partial charge in [0.15, 0.2) is 5.75 Å². The van der Waals surface area contributed by atoms with E-state index in [1.54, 1.807) is 6.20 Å². The lowest BCUT2D eigenvalue weighted by molar-refractivity contribution is 0.454. The van der Waals surface area contributed by atoms with Crippen LogP contribution in [0.1, 0.15) is 25.5 Å². The maximum atomic E-state index is 5.68. The molecule has 0 aliphatic rings. The smallest absolute Gasteiger partial charge is 0.227 e. The Morgan fingerprint density at radius 2 is 2.12 bits per heavy atom. The zero-order valence-electron chi connectivity index (χ0n) is 10.1. The van der Waals surface area contributed by atoms with E-state index in [1.165, 1.54) is 6.33 Å². The Kier molecular flexibility index (Phi) is 2.95. The van der Waals surface area contributed by atoms with Crippen molar-refractivity contribution in [1.29, 1.82) is 0 Å². The Balaban J connectivity index is 2.22. The van der Waals surface area contributed by atoms with Crippen LogP contribution in [-0.4, -0.2) is 19.7 Å². The van der Waals surface area contributed by atoms with Crippen molar-refractivity contribution in [2.75, 3.05) is 5.73 Å². The van der Waals surface area contributed by atoms with Crippen molar-refractivity contribution in [3.05, 3.63) is 24.3 Å². The van der Waals surface area contributed by atoms with Crippen LogP contribution in [0.25, 0.3) is 0 Å². The minimum absolute atomic E-state index is 0.295. The molecule has 0 bridgehead atoms. The van der Waals surface area contributed by atoms with Crippen molar-refractivity contribution in [3.63, 3.8) is 0 Å². The summed E-state index contributed by atoms with van der Waals surface area (Å²) in [4.78, 5) is 7.92. The van der Waals surface area contributed by atoms with E-state index in [1.807, 2.05) is 31.6 Å². The molecule has 2 aromatic rings. The summed E-state index contributed by atoms with van der Waals surface area (Å²) in [5.74, 6) is 1.52. The van der Waals surface area contributed by atoms with Gasteiger partial charge in [-0.05, 0) is 20.8 Å². The maximum Gasteiger partial charge on any atom is 0.227 e. The van der Waals surface area contributed by atoms with Gasteiger partial charge in [0, 0.05) is 6.04 Å². The minimum Gasteiger partial charge on any atom is -0.435 e. The first-order valence-corrected chi connectivity index (χ1v) is 5.37. The van der Waals surface area contributed by atoms with Gasteiger partial charge in [0.2, 0.25) is 5.88 Å². The first-order chi connectivity index (χ1) is 8.08. The van der Waals surface area contributed by atoms with Crippen molar-refractivity contribution >= 4 is 5.82 Å². The predicted molar refractivity (Wildman–Crippen MR) is 63.9 cm³/mol. The van der Waals surface area contributed by atoms with E-state index in [0.717, 1.165) is 5.56 Å². The van der Waals surface area contributed by atoms with Crippen LogP contribution < -0.4 is 10.5 Å². The molecule has 2 N–H and O–H groups in total. The molecule has 0 aromatic carbocycles. The van der Waals surface area contributed by atoms with Gasteiger partial charge < -0.3 is 10.5 Å². The van der Waals surface area contributed by atoms with E-state index in [4.69, 9.17) is 10.5 Å². The second-order valence-corrected chi connectivity index (χ2v) is 4.04. The normalized spacial score (nSPS) is 10.8. The molecule has 0 radical (unpaired) electrons. The third kappa shape index (κ3) is 2.35. The molecule has 2 rings (SSSR count). The summed E-state index contributed by atoms with van der Waals surface area (Å²) in [6, 6.07) is 0.295. The average Bonchev–Trinajstić information content (AvgIpc) is 2.73.